The lowest BCUT2D eigenvalue weighted by atomic mass is 9.44. The van der Waals surface area contributed by atoms with Crippen molar-refractivity contribution in [1.82, 2.24) is 0 Å². The first-order valence-corrected chi connectivity index (χ1v) is 13.1. The molecule has 180 valence electrons. The summed E-state index contributed by atoms with van der Waals surface area (Å²) in [7, 11) is 0. The first-order chi connectivity index (χ1) is 14.9. The highest BCUT2D eigenvalue weighted by Gasteiger charge is 2.63. The standard InChI is InChI=1S/C30H48O2/c1-20(2)10-9-11-22(5)24-14-18-30(8)26-13-12-23(21(3)4)28(6,17-16-27(31)32)25(26)15-19-29(24,30)7/h10,15,22-24,26H,3,9,11-14,16-19H2,1-2,4-8H3,(H,31,32)/t22-,23+,24-,26-,28+,29-,30+/m1/s1. The van der Waals surface area contributed by atoms with Crippen LogP contribution in [0.4, 0.5) is 0 Å². The topological polar surface area (TPSA) is 37.3 Å². The number of carboxylic acids is 1. The molecule has 0 radical (unpaired) electrons. The van der Waals surface area contributed by atoms with Crippen LogP contribution in [0.5, 0.6) is 0 Å². The van der Waals surface area contributed by atoms with Crippen molar-refractivity contribution >= 4 is 5.97 Å². The van der Waals surface area contributed by atoms with Gasteiger partial charge in [-0.1, -0.05) is 63.1 Å². The zero-order valence-corrected chi connectivity index (χ0v) is 21.9. The summed E-state index contributed by atoms with van der Waals surface area (Å²) in [5.74, 6) is 1.84. The van der Waals surface area contributed by atoms with Crippen LogP contribution in [-0.4, -0.2) is 11.1 Å². The molecule has 32 heavy (non-hydrogen) atoms. The largest absolute Gasteiger partial charge is 0.481 e. The van der Waals surface area contributed by atoms with E-state index in [1.807, 2.05) is 0 Å². The highest BCUT2D eigenvalue weighted by atomic mass is 16.4. The Labute approximate surface area is 197 Å². The molecular weight excluding hydrogens is 392 g/mol. The van der Waals surface area contributed by atoms with Gasteiger partial charge in [-0.05, 0) is 112 Å². The molecule has 0 heterocycles. The Hall–Kier alpha value is -1.31. The summed E-state index contributed by atoms with van der Waals surface area (Å²) in [5, 5.41) is 9.48. The number of rotatable bonds is 8. The van der Waals surface area contributed by atoms with Crippen molar-refractivity contribution in [3.63, 3.8) is 0 Å². The highest BCUT2D eigenvalue weighted by molar-refractivity contribution is 5.66. The van der Waals surface area contributed by atoms with Crippen molar-refractivity contribution < 1.29 is 9.90 Å². The van der Waals surface area contributed by atoms with Gasteiger partial charge in [0.15, 0.2) is 0 Å². The van der Waals surface area contributed by atoms with E-state index < -0.39 is 5.97 Å². The summed E-state index contributed by atoms with van der Waals surface area (Å²) in [6.45, 7) is 20.9. The number of carbonyl (C=O) groups is 1. The van der Waals surface area contributed by atoms with Crippen molar-refractivity contribution in [2.45, 2.75) is 106 Å². The predicted molar refractivity (Wildman–Crippen MR) is 135 cm³/mol. The molecule has 7 atom stereocenters. The van der Waals surface area contributed by atoms with E-state index in [1.165, 1.54) is 43.3 Å². The molecule has 0 saturated heterocycles. The van der Waals surface area contributed by atoms with Crippen LogP contribution in [0, 0.1) is 39.9 Å². The molecular formula is C30H48O2. The maximum absolute atomic E-state index is 11.5. The van der Waals surface area contributed by atoms with Crippen molar-refractivity contribution in [1.29, 1.82) is 0 Å². The van der Waals surface area contributed by atoms with Gasteiger partial charge in [-0.3, -0.25) is 4.79 Å². The van der Waals surface area contributed by atoms with E-state index in [0.29, 0.717) is 22.7 Å². The Balaban J connectivity index is 1.93. The number of hydrogen-bond donors (Lipinski definition) is 1. The molecule has 3 aliphatic rings. The Kier molecular flexibility index (Phi) is 7.24. The van der Waals surface area contributed by atoms with Crippen LogP contribution in [0.15, 0.2) is 35.5 Å². The Morgan fingerprint density at radius 1 is 1.19 bits per heavy atom. The quantitative estimate of drug-likeness (QED) is 0.384. The lowest BCUT2D eigenvalue weighted by molar-refractivity contribution is -0.137. The Bertz CT molecular complexity index is 800. The van der Waals surface area contributed by atoms with Gasteiger partial charge in [0.2, 0.25) is 0 Å². The number of carboxylic acid groups (broad SMARTS) is 1. The molecule has 0 bridgehead atoms. The minimum atomic E-state index is -0.674. The van der Waals surface area contributed by atoms with E-state index in [1.54, 1.807) is 5.57 Å². The van der Waals surface area contributed by atoms with Crippen LogP contribution in [0.1, 0.15) is 106 Å². The van der Waals surface area contributed by atoms with Gasteiger partial charge in [-0.25, -0.2) is 0 Å². The second-order valence-electron chi connectivity index (χ2n) is 12.5. The van der Waals surface area contributed by atoms with E-state index in [0.717, 1.165) is 31.1 Å². The van der Waals surface area contributed by atoms with E-state index in [9.17, 15) is 9.90 Å². The Morgan fingerprint density at radius 3 is 2.47 bits per heavy atom. The van der Waals surface area contributed by atoms with Crippen molar-refractivity contribution in [2.24, 2.45) is 39.9 Å². The minimum Gasteiger partial charge on any atom is -0.481 e. The molecule has 0 aliphatic heterocycles. The Morgan fingerprint density at radius 2 is 1.88 bits per heavy atom. The van der Waals surface area contributed by atoms with Gasteiger partial charge in [0, 0.05) is 6.42 Å². The molecule has 2 fully saturated rings. The third-order valence-electron chi connectivity index (χ3n) is 10.5. The second kappa shape index (κ2) is 9.15. The SMILES string of the molecule is C=C(C)[C@@H]1CC[C@@H]2C(=CC[C@]3(C)[C@@H]([C@H](C)CCC=C(C)C)CC[C@@]23C)[C@@]1(C)CCC(=O)O. The molecule has 1 N–H and O–H groups in total. The van der Waals surface area contributed by atoms with Crippen molar-refractivity contribution in [3.05, 3.63) is 35.5 Å². The zero-order chi connectivity index (χ0) is 23.9. The summed E-state index contributed by atoms with van der Waals surface area (Å²) in [6.07, 6.45) is 14.7. The highest BCUT2D eigenvalue weighted by Crippen LogP contribution is 2.71. The molecule has 3 aliphatic carbocycles. The summed E-state index contributed by atoms with van der Waals surface area (Å²) in [6, 6.07) is 0. The fraction of sp³-hybridized carbons (Fsp3) is 0.767. The first-order valence-electron chi connectivity index (χ1n) is 13.1. The van der Waals surface area contributed by atoms with E-state index >= 15 is 0 Å². The summed E-state index contributed by atoms with van der Waals surface area (Å²) >= 11 is 0. The van der Waals surface area contributed by atoms with Crippen LogP contribution >= 0.6 is 0 Å². The van der Waals surface area contributed by atoms with Crippen LogP contribution in [0.3, 0.4) is 0 Å². The molecule has 0 amide bonds. The first kappa shape index (κ1) is 25.3. The molecule has 2 saturated carbocycles. The average molecular weight is 441 g/mol. The van der Waals surface area contributed by atoms with Gasteiger partial charge < -0.3 is 5.11 Å². The predicted octanol–water partition coefficient (Wildman–Crippen LogP) is 8.60. The van der Waals surface area contributed by atoms with Crippen LogP contribution in [-0.2, 0) is 4.79 Å². The summed E-state index contributed by atoms with van der Waals surface area (Å²) in [4.78, 5) is 11.5. The van der Waals surface area contributed by atoms with Gasteiger partial charge in [0.25, 0.3) is 0 Å². The van der Waals surface area contributed by atoms with Crippen LogP contribution < -0.4 is 0 Å². The third kappa shape index (κ3) is 4.16. The molecule has 0 aromatic carbocycles. The van der Waals surface area contributed by atoms with E-state index in [-0.39, 0.29) is 11.8 Å². The average Bonchev–Trinajstić information content (AvgIpc) is 2.98. The number of allylic oxidation sites excluding steroid dienone is 5. The molecule has 3 rings (SSSR count). The van der Waals surface area contributed by atoms with Crippen molar-refractivity contribution in [3.8, 4) is 0 Å². The van der Waals surface area contributed by atoms with Gasteiger partial charge in [-0.15, -0.1) is 0 Å². The molecule has 0 spiro atoms. The van der Waals surface area contributed by atoms with E-state index in [2.05, 4.69) is 67.2 Å². The lowest BCUT2D eigenvalue weighted by Crippen LogP contribution is -2.52. The molecule has 0 unspecified atom stereocenters. The summed E-state index contributed by atoms with van der Waals surface area (Å²) in [5.41, 5.74) is 4.83. The molecule has 2 heteroatoms. The van der Waals surface area contributed by atoms with E-state index in [4.69, 9.17) is 0 Å². The molecule has 0 aromatic heterocycles. The van der Waals surface area contributed by atoms with Gasteiger partial charge in [-0.2, -0.15) is 0 Å². The smallest absolute Gasteiger partial charge is 0.303 e. The van der Waals surface area contributed by atoms with Gasteiger partial charge >= 0.3 is 5.97 Å². The molecule has 2 nitrogen and oxygen atoms in total. The van der Waals surface area contributed by atoms with Crippen LogP contribution in [0.25, 0.3) is 0 Å². The minimum absolute atomic E-state index is 0.0649. The molecule has 0 aromatic rings. The lowest BCUT2D eigenvalue weighted by Gasteiger charge is -2.60. The van der Waals surface area contributed by atoms with Crippen LogP contribution in [0.2, 0.25) is 0 Å². The van der Waals surface area contributed by atoms with Gasteiger partial charge in [0.05, 0.1) is 0 Å². The normalized spacial score (nSPS) is 39.5. The summed E-state index contributed by atoms with van der Waals surface area (Å²) < 4.78 is 0. The maximum atomic E-state index is 11.5. The monoisotopic (exact) mass is 440 g/mol. The number of fused-ring (bicyclic) bond motifs is 3. The number of hydrogen-bond acceptors (Lipinski definition) is 1. The number of aliphatic carboxylic acids is 1. The third-order valence-corrected chi connectivity index (χ3v) is 10.5. The second-order valence-corrected chi connectivity index (χ2v) is 12.5. The van der Waals surface area contributed by atoms with Gasteiger partial charge in [0.1, 0.15) is 0 Å². The fourth-order valence-electron chi connectivity index (χ4n) is 8.43. The fourth-order valence-corrected chi connectivity index (χ4v) is 8.43. The maximum Gasteiger partial charge on any atom is 0.303 e. The van der Waals surface area contributed by atoms with Crippen molar-refractivity contribution in [2.75, 3.05) is 0 Å². The zero-order valence-electron chi connectivity index (χ0n) is 21.9.